The van der Waals surface area contributed by atoms with E-state index in [4.69, 9.17) is 9.15 Å². The highest BCUT2D eigenvalue weighted by Crippen LogP contribution is 2.27. The lowest BCUT2D eigenvalue weighted by Gasteiger charge is -2.33. The molecule has 0 spiro atoms. The number of aromatic nitrogens is 1. The normalized spacial score (nSPS) is 26.9. The minimum absolute atomic E-state index is 0.126. The molecule has 0 amide bonds. The van der Waals surface area contributed by atoms with Crippen molar-refractivity contribution in [1.29, 1.82) is 0 Å². The first kappa shape index (κ1) is 14.0. The van der Waals surface area contributed by atoms with Gasteiger partial charge in [0.1, 0.15) is 5.52 Å². The Kier molecular flexibility index (Phi) is 3.52. The predicted octanol–water partition coefficient (Wildman–Crippen LogP) is 1.02. The molecule has 118 valence electrons. The zero-order valence-electron chi connectivity index (χ0n) is 12.7. The molecule has 0 unspecified atom stereocenters. The van der Waals surface area contributed by atoms with Crippen molar-refractivity contribution in [3.05, 3.63) is 23.8 Å². The zero-order valence-corrected chi connectivity index (χ0v) is 12.7. The number of morpholine rings is 1. The maximum absolute atomic E-state index is 10.4. The van der Waals surface area contributed by atoms with Crippen molar-refractivity contribution in [2.24, 2.45) is 0 Å². The third-order valence-electron chi connectivity index (χ3n) is 4.58. The van der Waals surface area contributed by atoms with Gasteiger partial charge in [-0.1, -0.05) is 6.07 Å². The summed E-state index contributed by atoms with van der Waals surface area (Å²) >= 11 is 0. The minimum atomic E-state index is -0.380. The number of rotatable bonds is 2. The van der Waals surface area contributed by atoms with E-state index in [0.29, 0.717) is 12.6 Å². The Bertz CT molecular complexity index is 666. The van der Waals surface area contributed by atoms with Crippen molar-refractivity contribution in [2.75, 3.05) is 44.3 Å². The van der Waals surface area contributed by atoms with Crippen LogP contribution in [0.25, 0.3) is 11.1 Å². The molecule has 6 nitrogen and oxygen atoms in total. The van der Waals surface area contributed by atoms with Crippen LogP contribution in [0.4, 0.5) is 6.01 Å². The fourth-order valence-electron chi connectivity index (χ4n) is 3.35. The van der Waals surface area contributed by atoms with Gasteiger partial charge in [0.15, 0.2) is 5.58 Å². The van der Waals surface area contributed by atoms with Crippen LogP contribution in [0.2, 0.25) is 0 Å². The largest absolute Gasteiger partial charge is 0.423 e. The number of hydrogen-bond acceptors (Lipinski definition) is 6. The monoisotopic (exact) mass is 303 g/mol. The molecule has 0 bridgehead atoms. The summed E-state index contributed by atoms with van der Waals surface area (Å²) < 4.78 is 11.2. The van der Waals surface area contributed by atoms with Crippen LogP contribution < -0.4 is 4.90 Å². The number of ether oxygens (including phenoxy) is 1. The summed E-state index contributed by atoms with van der Waals surface area (Å²) in [5, 5.41) is 10.4. The summed E-state index contributed by atoms with van der Waals surface area (Å²) in [5.74, 6) is 0. The Hall–Kier alpha value is -1.63. The summed E-state index contributed by atoms with van der Waals surface area (Å²) in [4.78, 5) is 8.92. The van der Waals surface area contributed by atoms with Crippen molar-refractivity contribution < 1.29 is 14.3 Å². The van der Waals surface area contributed by atoms with Gasteiger partial charge in [-0.25, -0.2) is 0 Å². The van der Waals surface area contributed by atoms with Crippen LogP contribution in [0.3, 0.4) is 0 Å². The highest BCUT2D eigenvalue weighted by molar-refractivity contribution is 5.75. The fourth-order valence-corrected chi connectivity index (χ4v) is 3.35. The lowest BCUT2D eigenvalue weighted by molar-refractivity contribution is -0.00588. The van der Waals surface area contributed by atoms with Crippen molar-refractivity contribution in [2.45, 2.75) is 19.1 Å². The van der Waals surface area contributed by atoms with Gasteiger partial charge in [0, 0.05) is 26.2 Å². The molecule has 2 fully saturated rings. The number of nitrogens with zero attached hydrogens (tertiary/aromatic N) is 3. The fraction of sp³-hybridized carbons (Fsp3) is 0.562. The number of hydrogen-bond donors (Lipinski definition) is 1. The summed E-state index contributed by atoms with van der Waals surface area (Å²) in [7, 11) is 0. The lowest BCUT2D eigenvalue weighted by Crippen LogP contribution is -2.48. The van der Waals surface area contributed by atoms with E-state index < -0.39 is 0 Å². The van der Waals surface area contributed by atoms with Crippen molar-refractivity contribution in [1.82, 2.24) is 9.88 Å². The molecule has 1 N–H and O–H groups in total. The maximum Gasteiger partial charge on any atom is 0.298 e. The van der Waals surface area contributed by atoms with Crippen LogP contribution in [-0.4, -0.2) is 66.5 Å². The number of anilines is 1. The van der Waals surface area contributed by atoms with E-state index in [1.54, 1.807) is 0 Å². The Balaban J connectivity index is 1.54. The van der Waals surface area contributed by atoms with E-state index in [-0.39, 0.29) is 12.1 Å². The second-order valence-corrected chi connectivity index (χ2v) is 6.16. The first-order chi connectivity index (χ1) is 10.7. The molecule has 1 aromatic carbocycles. The number of β-amino-alcohol motifs (C(OH)–C–C–N with tert-alkyl or cyclic N) is 1. The molecule has 22 heavy (non-hydrogen) atoms. The first-order valence-corrected chi connectivity index (χ1v) is 7.83. The predicted molar refractivity (Wildman–Crippen MR) is 83.1 cm³/mol. The number of aryl methyl sites for hydroxylation is 1. The van der Waals surface area contributed by atoms with E-state index in [9.17, 15) is 5.11 Å². The van der Waals surface area contributed by atoms with E-state index in [2.05, 4.69) is 9.88 Å². The van der Waals surface area contributed by atoms with Crippen molar-refractivity contribution >= 4 is 17.1 Å². The lowest BCUT2D eigenvalue weighted by atomic mass is 10.2. The van der Waals surface area contributed by atoms with Crippen LogP contribution in [0.5, 0.6) is 0 Å². The van der Waals surface area contributed by atoms with E-state index in [0.717, 1.165) is 43.9 Å². The molecule has 2 saturated heterocycles. The second kappa shape index (κ2) is 5.53. The minimum Gasteiger partial charge on any atom is -0.423 e. The van der Waals surface area contributed by atoms with Gasteiger partial charge in [-0.05, 0) is 24.6 Å². The molecule has 1 aromatic heterocycles. The molecule has 0 radical (unpaired) electrons. The molecule has 2 aromatic rings. The number of benzene rings is 1. The van der Waals surface area contributed by atoms with E-state index in [1.165, 1.54) is 5.56 Å². The quantitative estimate of drug-likeness (QED) is 0.894. The zero-order chi connectivity index (χ0) is 15.1. The molecule has 3 heterocycles. The Morgan fingerprint density at radius 3 is 2.86 bits per heavy atom. The van der Waals surface area contributed by atoms with Gasteiger partial charge in [-0.3, -0.25) is 4.90 Å². The van der Waals surface area contributed by atoms with E-state index >= 15 is 0 Å². The molecule has 2 aliphatic rings. The van der Waals surface area contributed by atoms with Crippen LogP contribution in [-0.2, 0) is 4.74 Å². The van der Waals surface area contributed by atoms with E-state index in [1.807, 2.05) is 30.0 Å². The summed E-state index contributed by atoms with van der Waals surface area (Å²) in [5.41, 5.74) is 2.84. The van der Waals surface area contributed by atoms with Gasteiger partial charge in [0.05, 0.1) is 25.4 Å². The Morgan fingerprint density at radius 1 is 1.23 bits per heavy atom. The highest BCUT2D eigenvalue weighted by Gasteiger charge is 2.37. The molecular weight excluding hydrogens is 282 g/mol. The van der Waals surface area contributed by atoms with Crippen LogP contribution >= 0.6 is 0 Å². The molecule has 0 aliphatic carbocycles. The van der Waals surface area contributed by atoms with Gasteiger partial charge in [0.25, 0.3) is 6.01 Å². The standard InChI is InChI=1S/C16H21N3O3/c1-11-2-3-15-12(8-11)17-16(22-15)19-9-13(14(20)10-19)18-4-6-21-7-5-18/h2-3,8,13-14,20H,4-7,9-10H2,1H3/t13-,14-/m0/s1. The average molecular weight is 303 g/mol. The number of oxazole rings is 1. The first-order valence-electron chi connectivity index (χ1n) is 7.83. The summed E-state index contributed by atoms with van der Waals surface area (Å²) in [6, 6.07) is 6.73. The van der Waals surface area contributed by atoms with Crippen LogP contribution in [0.15, 0.2) is 22.6 Å². The number of aliphatic hydroxyl groups is 1. The van der Waals surface area contributed by atoms with Gasteiger partial charge >= 0.3 is 0 Å². The summed E-state index contributed by atoms with van der Waals surface area (Å²) in [6.07, 6.45) is -0.380. The molecule has 6 heteroatoms. The molecule has 0 saturated carbocycles. The number of fused-ring (bicyclic) bond motifs is 1. The smallest absolute Gasteiger partial charge is 0.298 e. The van der Waals surface area contributed by atoms with Gasteiger partial charge in [-0.2, -0.15) is 4.98 Å². The molecule has 2 aliphatic heterocycles. The Morgan fingerprint density at radius 2 is 2.05 bits per heavy atom. The Labute approximate surface area is 129 Å². The average Bonchev–Trinajstić information content (AvgIpc) is 3.11. The summed E-state index contributed by atoms with van der Waals surface area (Å²) in [6.45, 7) is 6.59. The third-order valence-corrected chi connectivity index (χ3v) is 4.58. The van der Waals surface area contributed by atoms with Crippen molar-refractivity contribution in [3.63, 3.8) is 0 Å². The molecule has 2 atom stereocenters. The third kappa shape index (κ3) is 2.47. The SMILES string of the molecule is Cc1ccc2oc(N3C[C@H](O)[C@@H](N4CCOCC4)C3)nc2c1. The van der Waals surface area contributed by atoms with Gasteiger partial charge in [-0.15, -0.1) is 0 Å². The van der Waals surface area contributed by atoms with Crippen LogP contribution in [0.1, 0.15) is 5.56 Å². The molecule has 4 rings (SSSR count). The molecular formula is C16H21N3O3. The van der Waals surface area contributed by atoms with Crippen molar-refractivity contribution in [3.8, 4) is 0 Å². The maximum atomic E-state index is 10.4. The number of aliphatic hydroxyl groups excluding tert-OH is 1. The highest BCUT2D eigenvalue weighted by atomic mass is 16.5. The van der Waals surface area contributed by atoms with Crippen LogP contribution in [0, 0.1) is 6.92 Å². The topological polar surface area (TPSA) is 62.0 Å². The van der Waals surface area contributed by atoms with Gasteiger partial charge in [0.2, 0.25) is 0 Å². The second-order valence-electron chi connectivity index (χ2n) is 6.16. The van der Waals surface area contributed by atoms with Gasteiger partial charge < -0.3 is 19.2 Å².